The zero-order valence-electron chi connectivity index (χ0n) is 43.7. The van der Waals surface area contributed by atoms with Gasteiger partial charge in [0, 0.05) is 93.1 Å². The Kier molecular flexibility index (Phi) is 17.1. The number of amides is 5. The summed E-state index contributed by atoms with van der Waals surface area (Å²) >= 11 is 0. The SMILES string of the molecule is CCOC(=O)C1(C(=O)N[C@@H](CCCNC(N)=O)C(=O)Nc2ccc(COc3ccccc3-c3cc(N4C[C@H]5CC[C@H](C4)N5c4ccnc(OCCN5CCN(C(=O)OC(C)(C)C)C[C@H]5C)c4)c(N)nn3)cc2)CCC1. The second kappa shape index (κ2) is 23.8. The second-order valence-electron chi connectivity index (χ2n) is 20.8. The van der Waals surface area contributed by atoms with Gasteiger partial charge in [0.2, 0.25) is 17.7 Å². The number of hydrogen-bond donors (Lipinski definition) is 5. The molecule has 3 aliphatic heterocycles. The van der Waals surface area contributed by atoms with Crippen LogP contribution in [-0.4, -0.2) is 144 Å². The minimum absolute atomic E-state index is 0.138. The summed E-state index contributed by atoms with van der Waals surface area (Å²) in [6, 6.07) is 19.8. The molecule has 2 bridgehead atoms. The molecule has 4 aromatic rings. The molecule has 5 amide bonds. The van der Waals surface area contributed by atoms with Crippen LogP contribution in [-0.2, 0) is 30.5 Å². The molecule has 5 heterocycles. The number of urea groups is 1. The highest BCUT2D eigenvalue weighted by atomic mass is 16.6. The Balaban J connectivity index is 0.854. The maximum Gasteiger partial charge on any atom is 0.410 e. The Labute approximate surface area is 438 Å². The summed E-state index contributed by atoms with van der Waals surface area (Å²) < 4.78 is 23.4. The third kappa shape index (κ3) is 13.3. The van der Waals surface area contributed by atoms with Crippen LogP contribution in [0.15, 0.2) is 72.9 Å². The van der Waals surface area contributed by atoms with Crippen molar-refractivity contribution in [3.05, 3.63) is 78.5 Å². The van der Waals surface area contributed by atoms with Gasteiger partial charge in [-0.25, -0.2) is 14.6 Å². The normalized spacial score (nSPS) is 19.5. The lowest BCUT2D eigenvalue weighted by atomic mass is 9.68. The van der Waals surface area contributed by atoms with Crippen molar-refractivity contribution in [2.45, 2.75) is 116 Å². The number of rotatable bonds is 20. The molecule has 75 heavy (non-hydrogen) atoms. The molecule has 7 N–H and O–H groups in total. The molecule has 402 valence electrons. The molecule has 1 saturated carbocycles. The van der Waals surface area contributed by atoms with Crippen LogP contribution in [0.3, 0.4) is 0 Å². The first-order valence-corrected chi connectivity index (χ1v) is 26.1. The van der Waals surface area contributed by atoms with Crippen LogP contribution in [0, 0.1) is 5.41 Å². The predicted molar refractivity (Wildman–Crippen MR) is 283 cm³/mol. The number of primary amides is 1. The van der Waals surface area contributed by atoms with Crippen LogP contribution >= 0.6 is 0 Å². The summed E-state index contributed by atoms with van der Waals surface area (Å²) in [5.74, 6) is -0.0813. The van der Waals surface area contributed by atoms with Crippen molar-refractivity contribution < 1.29 is 42.9 Å². The number of esters is 1. The van der Waals surface area contributed by atoms with E-state index in [1.807, 2.05) is 81.6 Å². The molecule has 21 heteroatoms. The number of piperazine rings is 2. The summed E-state index contributed by atoms with van der Waals surface area (Å²) in [6.45, 7) is 14.6. The van der Waals surface area contributed by atoms with Crippen molar-refractivity contribution in [3.8, 4) is 22.9 Å². The van der Waals surface area contributed by atoms with E-state index >= 15 is 0 Å². The van der Waals surface area contributed by atoms with Gasteiger partial charge in [0.25, 0.3) is 0 Å². The molecule has 2 aromatic heterocycles. The van der Waals surface area contributed by atoms with Gasteiger partial charge in [-0.15, -0.1) is 10.2 Å². The number of pyridine rings is 1. The van der Waals surface area contributed by atoms with Crippen molar-refractivity contribution in [1.82, 2.24) is 35.6 Å². The third-order valence-corrected chi connectivity index (χ3v) is 14.4. The first-order valence-electron chi connectivity index (χ1n) is 26.1. The van der Waals surface area contributed by atoms with Crippen LogP contribution in [0.25, 0.3) is 11.3 Å². The number of aromatic nitrogens is 3. The standard InChI is InChI=1S/C54H72N12O9/c1-6-72-50(69)54(21-10-22-54)49(68)60-42(12-9-23-58-51(56)70)48(67)59-37-16-14-36(15-17-37)34-74-45-13-8-7-11-41(45)43-30-44(47(55)62-61-43)65-32-39-18-19-40(33-65)66(39)38-20-24-57-46(29-38)73-28-27-63-25-26-64(31-35(63)2)52(71)75-53(3,4)5/h7-8,11,13-17,20,24,29-30,35,39-40,42H,6,9-10,12,18-19,21-23,25-28,31-34H2,1-5H3,(H2,55,62)(H,59,67)(H,60,68)(H3,56,58,70)/t35-,39-,40-,42+/m1/s1. The number of carbonyl (C=O) groups excluding carboxylic acids is 5. The first kappa shape index (κ1) is 53.9. The van der Waals surface area contributed by atoms with Gasteiger partial charge in [0.05, 0.1) is 18.0 Å². The van der Waals surface area contributed by atoms with E-state index in [4.69, 9.17) is 30.4 Å². The average molecular weight is 1030 g/mol. The molecule has 0 radical (unpaired) electrons. The molecule has 8 rings (SSSR count). The number of nitrogens with one attached hydrogen (secondary N) is 3. The van der Waals surface area contributed by atoms with Crippen molar-refractivity contribution in [3.63, 3.8) is 0 Å². The molecular weight excluding hydrogens is 961 g/mol. The lowest BCUT2D eigenvalue weighted by molar-refractivity contribution is -0.167. The number of nitrogens with zero attached hydrogens (tertiary/aromatic N) is 7. The van der Waals surface area contributed by atoms with E-state index in [0.717, 1.165) is 55.0 Å². The Morgan fingerprint density at radius 2 is 1.67 bits per heavy atom. The van der Waals surface area contributed by atoms with E-state index in [9.17, 15) is 24.0 Å². The maximum absolute atomic E-state index is 13.6. The Morgan fingerprint density at radius 1 is 0.920 bits per heavy atom. The number of ether oxygens (including phenoxy) is 4. The minimum Gasteiger partial charge on any atom is -0.488 e. The molecule has 0 spiro atoms. The summed E-state index contributed by atoms with van der Waals surface area (Å²) in [4.78, 5) is 77.3. The number of carbonyl (C=O) groups is 5. The van der Waals surface area contributed by atoms with E-state index in [0.29, 0.717) is 80.8 Å². The van der Waals surface area contributed by atoms with Gasteiger partial charge in [-0.05, 0) is 115 Å². The fourth-order valence-corrected chi connectivity index (χ4v) is 10.3. The Morgan fingerprint density at radius 3 is 2.35 bits per heavy atom. The lowest BCUT2D eigenvalue weighted by Gasteiger charge is -2.43. The number of hydrogen-bond acceptors (Lipinski definition) is 16. The number of nitrogens with two attached hydrogens (primary N) is 2. The molecular formula is C54H72N12O9. The highest BCUT2D eigenvalue weighted by molar-refractivity contribution is 6.06. The van der Waals surface area contributed by atoms with Gasteiger partial charge >= 0.3 is 18.1 Å². The van der Waals surface area contributed by atoms with Crippen molar-refractivity contribution in [2.24, 2.45) is 11.1 Å². The number of fused-ring (bicyclic) bond motifs is 2. The molecule has 2 aromatic carbocycles. The second-order valence-corrected chi connectivity index (χ2v) is 20.8. The van der Waals surface area contributed by atoms with Gasteiger partial charge < -0.3 is 61.1 Å². The molecule has 0 unspecified atom stereocenters. The average Bonchev–Trinajstić information content (AvgIpc) is 3.63. The zero-order valence-corrected chi connectivity index (χ0v) is 43.7. The topological polar surface area (TPSA) is 262 Å². The van der Waals surface area contributed by atoms with Gasteiger partial charge in [0.15, 0.2) is 5.82 Å². The zero-order chi connectivity index (χ0) is 53.3. The molecule has 4 fully saturated rings. The number of nitrogen functional groups attached to an aromatic ring is 1. The molecule has 21 nitrogen and oxygen atoms in total. The van der Waals surface area contributed by atoms with Crippen LogP contribution in [0.1, 0.15) is 85.1 Å². The van der Waals surface area contributed by atoms with E-state index < -0.39 is 40.9 Å². The summed E-state index contributed by atoms with van der Waals surface area (Å²) in [7, 11) is 0. The van der Waals surface area contributed by atoms with Gasteiger partial charge in [-0.3, -0.25) is 19.3 Å². The molecule has 4 aliphatic rings. The summed E-state index contributed by atoms with van der Waals surface area (Å²) in [5.41, 5.74) is 14.5. The minimum atomic E-state index is -1.32. The third-order valence-electron chi connectivity index (χ3n) is 14.4. The molecule has 3 saturated heterocycles. The summed E-state index contributed by atoms with van der Waals surface area (Å²) in [6.07, 6.45) is 5.50. The van der Waals surface area contributed by atoms with E-state index in [1.165, 1.54) is 0 Å². The monoisotopic (exact) mass is 1030 g/mol. The Bertz CT molecular complexity index is 2650. The number of benzene rings is 2. The van der Waals surface area contributed by atoms with Gasteiger partial charge in [0.1, 0.15) is 36.0 Å². The predicted octanol–water partition coefficient (Wildman–Crippen LogP) is 5.48. The number of para-hydroxylation sites is 1. The maximum atomic E-state index is 13.6. The number of anilines is 4. The smallest absolute Gasteiger partial charge is 0.410 e. The van der Waals surface area contributed by atoms with Crippen molar-refractivity contribution in [1.29, 1.82) is 0 Å². The van der Waals surface area contributed by atoms with Crippen molar-refractivity contribution in [2.75, 3.05) is 79.9 Å². The van der Waals surface area contributed by atoms with E-state index in [-0.39, 0.29) is 50.4 Å². The lowest BCUT2D eigenvalue weighted by Crippen LogP contribution is -2.56. The van der Waals surface area contributed by atoms with Crippen LogP contribution in [0.4, 0.5) is 32.5 Å². The van der Waals surface area contributed by atoms with E-state index in [1.54, 1.807) is 24.0 Å². The van der Waals surface area contributed by atoms with Gasteiger partial charge in [-0.1, -0.05) is 30.7 Å². The van der Waals surface area contributed by atoms with E-state index in [2.05, 4.69) is 52.8 Å². The molecule has 4 atom stereocenters. The summed E-state index contributed by atoms with van der Waals surface area (Å²) in [5, 5.41) is 17.1. The quantitative estimate of drug-likeness (QED) is 0.0417. The first-order chi connectivity index (χ1) is 36.0. The largest absolute Gasteiger partial charge is 0.488 e. The molecule has 1 aliphatic carbocycles. The van der Waals surface area contributed by atoms with Crippen LogP contribution < -0.4 is 46.7 Å². The fraction of sp³-hybridized carbons (Fsp3) is 0.519. The van der Waals surface area contributed by atoms with Crippen LogP contribution in [0.2, 0.25) is 0 Å². The Hall–Kier alpha value is -7.42. The highest BCUT2D eigenvalue weighted by Gasteiger charge is 2.53. The van der Waals surface area contributed by atoms with Crippen molar-refractivity contribution >= 4 is 52.8 Å². The van der Waals surface area contributed by atoms with Crippen LogP contribution in [0.5, 0.6) is 11.6 Å². The van der Waals surface area contributed by atoms with Gasteiger partial charge in [-0.2, -0.15) is 0 Å². The highest BCUT2D eigenvalue weighted by Crippen LogP contribution is 2.43. The fourth-order valence-electron chi connectivity index (χ4n) is 10.3.